The molecule has 2 aromatic rings. The third-order valence-electron chi connectivity index (χ3n) is 4.07. The van der Waals surface area contributed by atoms with Crippen molar-refractivity contribution in [1.29, 1.82) is 0 Å². The highest BCUT2D eigenvalue weighted by molar-refractivity contribution is 9.10. The van der Waals surface area contributed by atoms with Crippen LogP contribution in [-0.2, 0) is 0 Å². The summed E-state index contributed by atoms with van der Waals surface area (Å²) in [5.41, 5.74) is 2.32. The first-order valence-corrected chi connectivity index (χ1v) is 8.87. The molecule has 0 saturated carbocycles. The van der Waals surface area contributed by atoms with Gasteiger partial charge < -0.3 is 14.4 Å². The summed E-state index contributed by atoms with van der Waals surface area (Å²) >= 11 is 3.44. The van der Waals surface area contributed by atoms with E-state index < -0.39 is 0 Å². The van der Waals surface area contributed by atoms with Crippen LogP contribution < -0.4 is 9.47 Å². The van der Waals surface area contributed by atoms with Crippen molar-refractivity contribution in [2.24, 2.45) is 0 Å². The van der Waals surface area contributed by atoms with Crippen LogP contribution in [0, 0.1) is 13.8 Å². The maximum atomic E-state index is 12.8. The highest BCUT2D eigenvalue weighted by atomic mass is 79.9. The molecule has 0 unspecified atom stereocenters. The van der Waals surface area contributed by atoms with E-state index in [1.54, 1.807) is 18.1 Å². The summed E-state index contributed by atoms with van der Waals surface area (Å²) in [7, 11) is 1.58. The number of ether oxygens (including phenoxy) is 2. The lowest BCUT2D eigenvalue weighted by molar-refractivity contribution is 0.0768. The van der Waals surface area contributed by atoms with E-state index in [1.807, 2.05) is 32.0 Å². The zero-order valence-electron chi connectivity index (χ0n) is 14.5. The molecule has 1 saturated heterocycles. The molecule has 1 aliphatic rings. The van der Waals surface area contributed by atoms with Crippen molar-refractivity contribution in [2.75, 3.05) is 20.2 Å². The maximum absolute atomic E-state index is 12.8. The number of hydrogen-bond donors (Lipinski definition) is 0. The topological polar surface area (TPSA) is 64.5 Å². The summed E-state index contributed by atoms with van der Waals surface area (Å²) in [6, 6.07) is 7.65. The maximum Gasteiger partial charge on any atom is 0.317 e. The average Bonchev–Trinajstić information content (AvgIpc) is 3.02. The van der Waals surface area contributed by atoms with Crippen LogP contribution in [0.4, 0.5) is 0 Å². The molecule has 1 aromatic carbocycles. The lowest BCUT2D eigenvalue weighted by atomic mass is 10.2. The average molecular weight is 406 g/mol. The van der Waals surface area contributed by atoms with Crippen molar-refractivity contribution >= 4 is 21.8 Å². The van der Waals surface area contributed by atoms with Gasteiger partial charge in [0, 0.05) is 28.8 Å². The van der Waals surface area contributed by atoms with Crippen molar-refractivity contribution in [3.05, 3.63) is 45.7 Å². The number of nitrogens with zero attached hydrogens (tertiary/aromatic N) is 3. The molecule has 0 aliphatic carbocycles. The lowest BCUT2D eigenvalue weighted by Gasteiger charge is -2.18. The van der Waals surface area contributed by atoms with Crippen molar-refractivity contribution in [3.8, 4) is 11.8 Å². The molecule has 25 heavy (non-hydrogen) atoms. The number of rotatable bonds is 4. The minimum Gasteiger partial charge on any atom is -0.497 e. The largest absolute Gasteiger partial charge is 0.497 e. The second-order valence-corrected chi connectivity index (χ2v) is 6.91. The van der Waals surface area contributed by atoms with E-state index in [0.29, 0.717) is 30.4 Å². The SMILES string of the molecule is COc1ccc(Br)c(C(=O)N2CC[C@@H](Oc3nc(C)cc(C)n3)C2)c1. The van der Waals surface area contributed by atoms with Gasteiger partial charge >= 0.3 is 6.01 Å². The second kappa shape index (κ2) is 7.39. The first-order valence-electron chi connectivity index (χ1n) is 8.08. The number of benzene rings is 1. The molecule has 0 bridgehead atoms. The van der Waals surface area contributed by atoms with E-state index in [2.05, 4.69) is 25.9 Å². The van der Waals surface area contributed by atoms with Crippen LogP contribution in [0.5, 0.6) is 11.8 Å². The highest BCUT2D eigenvalue weighted by Crippen LogP contribution is 2.26. The summed E-state index contributed by atoms with van der Waals surface area (Å²) in [5, 5.41) is 0. The van der Waals surface area contributed by atoms with Gasteiger partial charge in [-0.3, -0.25) is 4.79 Å². The van der Waals surface area contributed by atoms with Crippen LogP contribution in [0.3, 0.4) is 0 Å². The zero-order valence-corrected chi connectivity index (χ0v) is 16.0. The quantitative estimate of drug-likeness (QED) is 0.781. The van der Waals surface area contributed by atoms with Gasteiger partial charge in [0.25, 0.3) is 5.91 Å². The number of hydrogen-bond acceptors (Lipinski definition) is 5. The monoisotopic (exact) mass is 405 g/mol. The predicted molar refractivity (Wildman–Crippen MR) is 97.1 cm³/mol. The Morgan fingerprint density at radius 1 is 1.24 bits per heavy atom. The summed E-state index contributed by atoms with van der Waals surface area (Å²) in [4.78, 5) is 23.2. The van der Waals surface area contributed by atoms with E-state index in [4.69, 9.17) is 9.47 Å². The Bertz CT molecular complexity index is 777. The predicted octanol–water partition coefficient (Wildman–Crippen LogP) is 3.16. The second-order valence-electron chi connectivity index (χ2n) is 6.06. The summed E-state index contributed by atoms with van der Waals surface area (Å²) in [6.07, 6.45) is 0.651. The minimum absolute atomic E-state index is 0.0433. The van der Waals surface area contributed by atoms with Crippen LogP contribution in [0.15, 0.2) is 28.7 Å². The van der Waals surface area contributed by atoms with E-state index in [1.165, 1.54) is 0 Å². The van der Waals surface area contributed by atoms with E-state index >= 15 is 0 Å². The molecule has 132 valence electrons. The number of likely N-dealkylation sites (tertiary alicyclic amines) is 1. The number of carbonyl (C=O) groups excluding carboxylic acids is 1. The number of aromatic nitrogens is 2. The molecule has 1 aromatic heterocycles. The number of aryl methyl sites for hydroxylation is 2. The number of amides is 1. The van der Waals surface area contributed by atoms with Gasteiger partial charge in [0.05, 0.1) is 19.2 Å². The fourth-order valence-electron chi connectivity index (χ4n) is 2.87. The molecule has 0 radical (unpaired) electrons. The molecule has 1 atom stereocenters. The van der Waals surface area contributed by atoms with Gasteiger partial charge in [-0.15, -0.1) is 0 Å². The first-order chi connectivity index (χ1) is 12.0. The van der Waals surface area contributed by atoms with Gasteiger partial charge in [0.2, 0.25) is 0 Å². The summed E-state index contributed by atoms with van der Waals surface area (Å²) < 4.78 is 11.8. The van der Waals surface area contributed by atoms with Crippen LogP contribution >= 0.6 is 15.9 Å². The van der Waals surface area contributed by atoms with Crippen LogP contribution in [0.25, 0.3) is 0 Å². The summed E-state index contributed by atoms with van der Waals surface area (Å²) in [6.45, 7) is 4.97. The number of methoxy groups -OCH3 is 1. The Kier molecular flexibility index (Phi) is 5.22. The fourth-order valence-corrected chi connectivity index (χ4v) is 3.29. The van der Waals surface area contributed by atoms with Crippen molar-refractivity contribution in [1.82, 2.24) is 14.9 Å². The fraction of sp³-hybridized carbons (Fsp3) is 0.389. The standard InChI is InChI=1S/C18H20BrN3O3/c1-11-8-12(2)21-18(20-11)25-14-6-7-22(10-14)17(23)15-9-13(24-3)4-5-16(15)19/h4-5,8-9,14H,6-7,10H2,1-3H3/t14-/m1/s1. The van der Waals surface area contributed by atoms with Gasteiger partial charge in [0.15, 0.2) is 0 Å². The summed E-state index contributed by atoms with van der Waals surface area (Å²) in [5.74, 6) is 0.611. The number of halogens is 1. The highest BCUT2D eigenvalue weighted by Gasteiger charge is 2.30. The Labute approximate surface area is 155 Å². The minimum atomic E-state index is -0.102. The van der Waals surface area contributed by atoms with Gasteiger partial charge in [-0.05, 0) is 54.0 Å². The molecule has 0 spiro atoms. The molecule has 1 amide bonds. The van der Waals surface area contributed by atoms with Gasteiger partial charge in [-0.2, -0.15) is 0 Å². The molecule has 7 heteroatoms. The Hall–Kier alpha value is -2.15. The smallest absolute Gasteiger partial charge is 0.317 e. The van der Waals surface area contributed by atoms with E-state index in [-0.39, 0.29) is 12.0 Å². The molecular formula is C18H20BrN3O3. The van der Waals surface area contributed by atoms with Crippen molar-refractivity contribution < 1.29 is 14.3 Å². The Morgan fingerprint density at radius 2 is 1.96 bits per heavy atom. The van der Waals surface area contributed by atoms with E-state index in [9.17, 15) is 4.79 Å². The van der Waals surface area contributed by atoms with E-state index in [0.717, 1.165) is 22.3 Å². The molecule has 1 aliphatic heterocycles. The third-order valence-corrected chi connectivity index (χ3v) is 4.76. The van der Waals surface area contributed by atoms with Crippen LogP contribution in [0.1, 0.15) is 28.2 Å². The third kappa shape index (κ3) is 4.10. The first kappa shape index (κ1) is 17.7. The molecule has 1 fully saturated rings. The van der Waals surface area contributed by atoms with Gasteiger partial charge in [0.1, 0.15) is 11.9 Å². The molecule has 6 nitrogen and oxygen atoms in total. The zero-order chi connectivity index (χ0) is 18.0. The van der Waals surface area contributed by atoms with Gasteiger partial charge in [-0.25, -0.2) is 9.97 Å². The van der Waals surface area contributed by atoms with Gasteiger partial charge in [-0.1, -0.05) is 0 Å². The molecule has 3 rings (SSSR count). The van der Waals surface area contributed by atoms with Crippen LogP contribution in [-0.4, -0.2) is 47.1 Å². The normalized spacial score (nSPS) is 16.8. The molecule has 2 heterocycles. The Balaban J connectivity index is 1.69. The Morgan fingerprint density at radius 3 is 2.64 bits per heavy atom. The van der Waals surface area contributed by atoms with Crippen molar-refractivity contribution in [2.45, 2.75) is 26.4 Å². The molecular weight excluding hydrogens is 386 g/mol. The lowest BCUT2D eigenvalue weighted by Crippen LogP contribution is -2.31. The van der Waals surface area contributed by atoms with Crippen LogP contribution in [0.2, 0.25) is 0 Å². The molecule has 0 N–H and O–H groups in total. The van der Waals surface area contributed by atoms with Crippen molar-refractivity contribution in [3.63, 3.8) is 0 Å². The number of carbonyl (C=O) groups is 1.